The van der Waals surface area contributed by atoms with Gasteiger partial charge in [-0.2, -0.15) is 0 Å². The van der Waals surface area contributed by atoms with Gasteiger partial charge in [0.15, 0.2) is 5.11 Å². The molecule has 21 heavy (non-hydrogen) atoms. The van der Waals surface area contributed by atoms with Gasteiger partial charge in [0.2, 0.25) is 11.8 Å². The van der Waals surface area contributed by atoms with E-state index in [4.69, 9.17) is 12.2 Å². The maximum absolute atomic E-state index is 11.7. The van der Waals surface area contributed by atoms with E-state index in [1.807, 2.05) is 13.8 Å². The van der Waals surface area contributed by atoms with Crippen molar-refractivity contribution in [2.24, 2.45) is 11.8 Å². The number of hydrogen-bond donors (Lipinski definition) is 3. The van der Waals surface area contributed by atoms with Gasteiger partial charge in [-0.15, -0.1) is 0 Å². The molecule has 0 aromatic heterocycles. The third-order valence-electron chi connectivity index (χ3n) is 2.67. The van der Waals surface area contributed by atoms with Crippen molar-refractivity contribution >= 4 is 40.5 Å². The summed E-state index contributed by atoms with van der Waals surface area (Å²) in [4.78, 5) is 23.2. The lowest BCUT2D eigenvalue weighted by Crippen LogP contribution is -2.36. The van der Waals surface area contributed by atoms with E-state index in [0.29, 0.717) is 11.4 Å². The Kier molecular flexibility index (Phi) is 6.30. The Bertz CT molecular complexity index is 541. The molecule has 5 nitrogen and oxygen atoms in total. The lowest BCUT2D eigenvalue weighted by Gasteiger charge is -2.13. The van der Waals surface area contributed by atoms with Gasteiger partial charge < -0.3 is 16.0 Å². The summed E-state index contributed by atoms with van der Waals surface area (Å²) in [5, 5.41) is 8.56. The van der Waals surface area contributed by atoms with Crippen molar-refractivity contribution in [3.05, 3.63) is 24.3 Å². The van der Waals surface area contributed by atoms with Gasteiger partial charge in [-0.1, -0.05) is 33.8 Å². The predicted molar refractivity (Wildman–Crippen MR) is 89.1 cm³/mol. The van der Waals surface area contributed by atoms with Crippen LogP contribution in [0.1, 0.15) is 27.7 Å². The Morgan fingerprint density at radius 1 is 0.952 bits per heavy atom. The topological polar surface area (TPSA) is 70.2 Å². The minimum atomic E-state index is -0.142. The molecular weight excluding hydrogens is 286 g/mol. The summed E-state index contributed by atoms with van der Waals surface area (Å²) in [5.74, 6) is -0.422. The SMILES string of the molecule is CC(C)C(=O)NC(=S)Nc1cccc(NC(=O)C(C)C)c1. The van der Waals surface area contributed by atoms with Gasteiger partial charge >= 0.3 is 0 Å². The number of anilines is 2. The molecule has 0 saturated carbocycles. The smallest absolute Gasteiger partial charge is 0.228 e. The van der Waals surface area contributed by atoms with E-state index >= 15 is 0 Å². The summed E-state index contributed by atoms with van der Waals surface area (Å²) in [6.07, 6.45) is 0. The molecule has 0 bridgehead atoms. The van der Waals surface area contributed by atoms with E-state index in [9.17, 15) is 9.59 Å². The number of rotatable bonds is 4. The summed E-state index contributed by atoms with van der Waals surface area (Å²) in [6, 6.07) is 7.15. The van der Waals surface area contributed by atoms with Gasteiger partial charge in [0.05, 0.1) is 0 Å². The van der Waals surface area contributed by atoms with Crippen LogP contribution in [-0.2, 0) is 9.59 Å². The molecule has 2 amide bonds. The van der Waals surface area contributed by atoms with Crippen LogP contribution in [0.25, 0.3) is 0 Å². The van der Waals surface area contributed by atoms with Gasteiger partial charge in [-0.3, -0.25) is 9.59 Å². The van der Waals surface area contributed by atoms with Crippen molar-refractivity contribution in [2.45, 2.75) is 27.7 Å². The molecule has 6 heteroatoms. The first-order valence-corrected chi connectivity index (χ1v) is 7.23. The number of nitrogens with one attached hydrogen (secondary N) is 3. The molecular formula is C15H21N3O2S. The fraction of sp³-hybridized carbons (Fsp3) is 0.400. The number of amides is 2. The highest BCUT2D eigenvalue weighted by atomic mass is 32.1. The molecule has 0 heterocycles. The summed E-state index contributed by atoms with van der Waals surface area (Å²) < 4.78 is 0. The van der Waals surface area contributed by atoms with Crippen LogP contribution in [0.15, 0.2) is 24.3 Å². The van der Waals surface area contributed by atoms with Gasteiger partial charge in [0, 0.05) is 23.2 Å². The molecule has 0 radical (unpaired) electrons. The molecule has 114 valence electrons. The fourth-order valence-electron chi connectivity index (χ4n) is 1.38. The summed E-state index contributed by atoms with van der Waals surface area (Å²) in [7, 11) is 0. The zero-order chi connectivity index (χ0) is 16.0. The zero-order valence-electron chi connectivity index (χ0n) is 12.7. The van der Waals surface area contributed by atoms with Gasteiger partial charge in [0.25, 0.3) is 0 Å². The molecule has 1 rings (SSSR count). The molecule has 0 saturated heterocycles. The van der Waals surface area contributed by atoms with Crippen LogP contribution in [0.3, 0.4) is 0 Å². The van der Waals surface area contributed by atoms with E-state index in [1.54, 1.807) is 38.1 Å². The minimum Gasteiger partial charge on any atom is -0.332 e. The van der Waals surface area contributed by atoms with E-state index in [-0.39, 0.29) is 28.8 Å². The summed E-state index contributed by atoms with van der Waals surface area (Å²) >= 11 is 5.07. The molecule has 1 aromatic rings. The second-order valence-corrected chi connectivity index (χ2v) is 5.73. The third-order valence-corrected chi connectivity index (χ3v) is 2.88. The molecule has 0 aliphatic carbocycles. The minimum absolute atomic E-state index is 0.0529. The first-order valence-electron chi connectivity index (χ1n) is 6.82. The van der Waals surface area contributed by atoms with Crippen molar-refractivity contribution in [1.82, 2.24) is 5.32 Å². The van der Waals surface area contributed by atoms with Crippen LogP contribution in [0, 0.1) is 11.8 Å². The second-order valence-electron chi connectivity index (χ2n) is 5.32. The van der Waals surface area contributed by atoms with Crippen LogP contribution in [0.2, 0.25) is 0 Å². The quantitative estimate of drug-likeness (QED) is 0.748. The van der Waals surface area contributed by atoms with Gasteiger partial charge in [0.1, 0.15) is 0 Å². The van der Waals surface area contributed by atoms with E-state index in [0.717, 1.165) is 0 Å². The van der Waals surface area contributed by atoms with Crippen molar-refractivity contribution in [2.75, 3.05) is 10.6 Å². The first kappa shape index (κ1) is 17.1. The number of carbonyl (C=O) groups is 2. The normalized spacial score (nSPS) is 10.4. The molecule has 0 aliphatic heterocycles. The Morgan fingerprint density at radius 3 is 2.00 bits per heavy atom. The highest BCUT2D eigenvalue weighted by Crippen LogP contribution is 2.15. The van der Waals surface area contributed by atoms with E-state index in [1.165, 1.54) is 0 Å². The maximum atomic E-state index is 11.7. The molecule has 0 atom stereocenters. The average Bonchev–Trinajstić information content (AvgIpc) is 2.38. The van der Waals surface area contributed by atoms with Crippen molar-refractivity contribution in [3.63, 3.8) is 0 Å². The highest BCUT2D eigenvalue weighted by Gasteiger charge is 2.10. The molecule has 0 spiro atoms. The van der Waals surface area contributed by atoms with E-state index < -0.39 is 0 Å². The molecule has 0 fully saturated rings. The largest absolute Gasteiger partial charge is 0.332 e. The average molecular weight is 307 g/mol. The van der Waals surface area contributed by atoms with Crippen LogP contribution >= 0.6 is 12.2 Å². The standard InChI is InChI=1S/C15H21N3O2S/c1-9(2)13(19)16-11-6-5-7-12(8-11)17-15(21)18-14(20)10(3)4/h5-10H,1-4H3,(H,16,19)(H2,17,18,20,21). The predicted octanol–water partition coefficient (Wildman–Crippen LogP) is 2.75. The monoisotopic (exact) mass is 307 g/mol. The molecule has 0 aliphatic rings. The Hall–Kier alpha value is -1.95. The maximum Gasteiger partial charge on any atom is 0.228 e. The number of benzene rings is 1. The number of thiocarbonyl (C=S) groups is 1. The number of carbonyl (C=O) groups excluding carboxylic acids is 2. The van der Waals surface area contributed by atoms with Gasteiger partial charge in [-0.25, -0.2) is 0 Å². The highest BCUT2D eigenvalue weighted by molar-refractivity contribution is 7.80. The Morgan fingerprint density at radius 2 is 1.48 bits per heavy atom. The molecule has 0 unspecified atom stereocenters. The molecule has 1 aromatic carbocycles. The van der Waals surface area contributed by atoms with Crippen LogP contribution in [-0.4, -0.2) is 16.9 Å². The first-order chi connectivity index (χ1) is 9.79. The third kappa shape index (κ3) is 5.91. The van der Waals surface area contributed by atoms with Crippen LogP contribution in [0.4, 0.5) is 11.4 Å². The van der Waals surface area contributed by atoms with Crippen LogP contribution in [0.5, 0.6) is 0 Å². The lowest BCUT2D eigenvalue weighted by molar-refractivity contribution is -0.122. The lowest BCUT2D eigenvalue weighted by atomic mass is 10.2. The summed E-state index contributed by atoms with van der Waals surface area (Å²) in [5.41, 5.74) is 1.38. The molecule has 3 N–H and O–H groups in total. The van der Waals surface area contributed by atoms with Crippen LogP contribution < -0.4 is 16.0 Å². The van der Waals surface area contributed by atoms with Crippen molar-refractivity contribution in [3.8, 4) is 0 Å². The Labute approximate surface area is 130 Å². The number of hydrogen-bond acceptors (Lipinski definition) is 3. The van der Waals surface area contributed by atoms with Crippen molar-refractivity contribution in [1.29, 1.82) is 0 Å². The summed E-state index contributed by atoms with van der Waals surface area (Å²) in [6.45, 7) is 7.24. The van der Waals surface area contributed by atoms with Crippen molar-refractivity contribution < 1.29 is 9.59 Å². The second kappa shape index (κ2) is 7.73. The van der Waals surface area contributed by atoms with E-state index in [2.05, 4.69) is 16.0 Å². The Balaban J connectivity index is 2.66. The fourth-order valence-corrected chi connectivity index (χ4v) is 1.60. The van der Waals surface area contributed by atoms with Gasteiger partial charge in [-0.05, 0) is 30.4 Å². The zero-order valence-corrected chi connectivity index (χ0v) is 13.5.